The van der Waals surface area contributed by atoms with Crippen LogP contribution < -0.4 is 5.73 Å². The molecule has 0 unspecified atom stereocenters. The molecule has 30 heavy (non-hydrogen) atoms. The van der Waals surface area contributed by atoms with Crippen molar-refractivity contribution in [2.24, 2.45) is 11.7 Å². The van der Waals surface area contributed by atoms with E-state index in [-0.39, 0.29) is 23.6 Å². The number of halogens is 1. The topological polar surface area (TPSA) is 76.3 Å². The zero-order valence-electron chi connectivity index (χ0n) is 16.8. The number of nitrogens with two attached hydrogens (primary N) is 1. The summed E-state index contributed by atoms with van der Waals surface area (Å²) in [5.74, 6) is -1.03. The molecular weight excluding hydrogens is 401 g/mol. The van der Waals surface area contributed by atoms with Gasteiger partial charge in [0.2, 0.25) is 5.91 Å². The van der Waals surface area contributed by atoms with Crippen LogP contribution in [0.3, 0.4) is 0 Å². The van der Waals surface area contributed by atoms with Crippen LogP contribution in [0.5, 0.6) is 0 Å². The van der Waals surface area contributed by atoms with Crippen molar-refractivity contribution in [3.63, 3.8) is 0 Å². The van der Waals surface area contributed by atoms with Crippen LogP contribution in [0.25, 0.3) is 10.9 Å². The number of hydrogen-bond acceptors (Lipinski definition) is 4. The maximum absolute atomic E-state index is 13.6. The fourth-order valence-electron chi connectivity index (χ4n) is 4.20. The Morgan fingerprint density at radius 2 is 2.17 bits per heavy atom. The monoisotopic (exact) mass is 425 g/mol. The maximum Gasteiger partial charge on any atom is 0.250 e. The predicted octanol–water partition coefficient (Wildman–Crippen LogP) is 4.12. The average molecular weight is 426 g/mol. The lowest BCUT2D eigenvalue weighted by Gasteiger charge is -2.34. The first-order valence-electron chi connectivity index (χ1n) is 10.1. The van der Waals surface area contributed by atoms with E-state index in [0.29, 0.717) is 35.2 Å². The van der Waals surface area contributed by atoms with Crippen molar-refractivity contribution in [2.75, 3.05) is 13.1 Å². The molecule has 4 rings (SSSR count). The SMILES string of the molecule is C[C@@H](Cc1cccs1)C(=O)N1CCC[C@@H](c2nc3ccc(F)cc3cc2C(N)=O)C1. The quantitative estimate of drug-likeness (QED) is 0.668. The number of benzene rings is 1. The zero-order valence-corrected chi connectivity index (χ0v) is 17.6. The minimum atomic E-state index is -0.585. The number of piperidine rings is 1. The number of amides is 2. The number of carbonyl (C=O) groups is 2. The van der Waals surface area contributed by atoms with E-state index in [4.69, 9.17) is 5.73 Å². The number of nitrogens with zero attached hydrogens (tertiary/aromatic N) is 2. The van der Waals surface area contributed by atoms with Crippen molar-refractivity contribution in [2.45, 2.75) is 32.1 Å². The Bertz CT molecular complexity index is 1080. The van der Waals surface area contributed by atoms with Gasteiger partial charge in [-0.15, -0.1) is 11.3 Å². The Balaban J connectivity index is 1.58. The Kier molecular flexibility index (Phi) is 5.81. The van der Waals surface area contributed by atoms with E-state index >= 15 is 0 Å². The summed E-state index contributed by atoms with van der Waals surface area (Å²) in [6.07, 6.45) is 2.39. The third-order valence-electron chi connectivity index (χ3n) is 5.70. The minimum Gasteiger partial charge on any atom is -0.366 e. The van der Waals surface area contributed by atoms with E-state index in [9.17, 15) is 14.0 Å². The molecular formula is C23H24FN3O2S. The van der Waals surface area contributed by atoms with E-state index in [1.807, 2.05) is 23.3 Å². The lowest BCUT2D eigenvalue weighted by atomic mass is 9.89. The van der Waals surface area contributed by atoms with Crippen molar-refractivity contribution in [3.8, 4) is 0 Å². The molecule has 0 spiro atoms. The van der Waals surface area contributed by atoms with Gasteiger partial charge in [0.1, 0.15) is 5.82 Å². The summed E-state index contributed by atoms with van der Waals surface area (Å²) in [6, 6.07) is 9.97. The van der Waals surface area contributed by atoms with Gasteiger partial charge in [-0.2, -0.15) is 0 Å². The van der Waals surface area contributed by atoms with Gasteiger partial charge in [0.25, 0.3) is 5.91 Å². The molecule has 2 N–H and O–H groups in total. The van der Waals surface area contributed by atoms with Crippen LogP contribution in [0.2, 0.25) is 0 Å². The molecule has 1 aliphatic heterocycles. The Morgan fingerprint density at radius 1 is 1.33 bits per heavy atom. The van der Waals surface area contributed by atoms with Crippen molar-refractivity contribution in [1.29, 1.82) is 0 Å². The van der Waals surface area contributed by atoms with Crippen LogP contribution in [-0.4, -0.2) is 34.8 Å². The molecule has 0 bridgehead atoms. The van der Waals surface area contributed by atoms with Gasteiger partial charge in [-0.1, -0.05) is 13.0 Å². The highest BCUT2D eigenvalue weighted by Crippen LogP contribution is 2.31. The van der Waals surface area contributed by atoms with Gasteiger partial charge < -0.3 is 10.6 Å². The van der Waals surface area contributed by atoms with Crippen molar-refractivity contribution in [1.82, 2.24) is 9.88 Å². The fourth-order valence-corrected chi connectivity index (χ4v) is 5.04. The standard InChI is InChI=1S/C23H24FN3O2S/c1-14(10-18-5-3-9-30-18)23(29)27-8-2-4-15(13-27)21-19(22(25)28)12-16-11-17(24)6-7-20(16)26-21/h3,5-7,9,11-12,14-15H,2,4,8,10,13H2,1H3,(H2,25,28)/t14-,15+/m0/s1. The van der Waals surface area contributed by atoms with Gasteiger partial charge in [-0.05, 0) is 55.0 Å². The Hall–Kier alpha value is -2.80. The Labute approximate surface area is 178 Å². The molecule has 2 amide bonds. The summed E-state index contributed by atoms with van der Waals surface area (Å²) in [4.78, 5) is 32.9. The number of aromatic nitrogens is 1. The van der Waals surface area contributed by atoms with Crippen molar-refractivity contribution >= 4 is 34.1 Å². The number of rotatable bonds is 5. The average Bonchev–Trinajstić information content (AvgIpc) is 3.25. The summed E-state index contributed by atoms with van der Waals surface area (Å²) in [7, 11) is 0. The van der Waals surface area contributed by atoms with Crippen LogP contribution >= 0.6 is 11.3 Å². The van der Waals surface area contributed by atoms with E-state index < -0.39 is 5.91 Å². The molecule has 2 atom stereocenters. The summed E-state index contributed by atoms with van der Waals surface area (Å²) in [5, 5.41) is 2.56. The third-order valence-corrected chi connectivity index (χ3v) is 6.60. The number of carbonyl (C=O) groups excluding carboxylic acids is 2. The largest absolute Gasteiger partial charge is 0.366 e. The molecule has 1 saturated heterocycles. The molecule has 3 aromatic rings. The number of fused-ring (bicyclic) bond motifs is 1. The first kappa shape index (κ1) is 20.5. The van der Waals surface area contributed by atoms with Gasteiger partial charge in [0, 0.05) is 35.2 Å². The molecule has 7 heteroatoms. The summed E-state index contributed by atoms with van der Waals surface area (Å²) in [5.41, 5.74) is 7.14. The third kappa shape index (κ3) is 4.21. The maximum atomic E-state index is 13.6. The molecule has 0 saturated carbocycles. The van der Waals surface area contributed by atoms with Crippen molar-refractivity contribution < 1.29 is 14.0 Å². The van der Waals surface area contributed by atoms with Crippen LogP contribution in [0.4, 0.5) is 4.39 Å². The highest BCUT2D eigenvalue weighted by Gasteiger charge is 2.30. The van der Waals surface area contributed by atoms with Crippen molar-refractivity contribution in [3.05, 3.63) is 63.7 Å². The molecule has 156 valence electrons. The van der Waals surface area contributed by atoms with Gasteiger partial charge in [-0.3, -0.25) is 14.6 Å². The lowest BCUT2D eigenvalue weighted by molar-refractivity contribution is -0.136. The Morgan fingerprint density at radius 3 is 2.90 bits per heavy atom. The normalized spacial score (nSPS) is 17.8. The van der Waals surface area contributed by atoms with E-state index in [1.54, 1.807) is 23.5 Å². The van der Waals surface area contributed by atoms with E-state index in [2.05, 4.69) is 11.1 Å². The second kappa shape index (κ2) is 8.52. The van der Waals surface area contributed by atoms with Crippen LogP contribution in [0, 0.1) is 11.7 Å². The molecule has 2 aromatic heterocycles. The smallest absolute Gasteiger partial charge is 0.250 e. The number of thiophene rings is 1. The first-order chi connectivity index (χ1) is 14.4. The number of likely N-dealkylation sites (tertiary alicyclic amines) is 1. The highest BCUT2D eigenvalue weighted by atomic mass is 32.1. The van der Waals surface area contributed by atoms with E-state index in [0.717, 1.165) is 19.3 Å². The summed E-state index contributed by atoms with van der Waals surface area (Å²) < 4.78 is 13.6. The highest BCUT2D eigenvalue weighted by molar-refractivity contribution is 7.09. The molecule has 0 aliphatic carbocycles. The first-order valence-corrected chi connectivity index (χ1v) is 11.0. The lowest BCUT2D eigenvalue weighted by Crippen LogP contribution is -2.42. The van der Waals surface area contributed by atoms with Crippen LogP contribution in [-0.2, 0) is 11.2 Å². The second-order valence-corrected chi connectivity index (χ2v) is 8.96. The van der Waals surface area contributed by atoms with Gasteiger partial charge in [-0.25, -0.2) is 4.39 Å². The van der Waals surface area contributed by atoms with Gasteiger partial charge in [0.15, 0.2) is 0 Å². The van der Waals surface area contributed by atoms with E-state index in [1.165, 1.54) is 17.0 Å². The number of hydrogen-bond donors (Lipinski definition) is 1. The summed E-state index contributed by atoms with van der Waals surface area (Å²) in [6.45, 7) is 3.17. The zero-order chi connectivity index (χ0) is 21.3. The molecule has 3 heterocycles. The molecule has 1 aliphatic rings. The summed E-state index contributed by atoms with van der Waals surface area (Å²) >= 11 is 1.66. The predicted molar refractivity (Wildman–Crippen MR) is 116 cm³/mol. The van der Waals surface area contributed by atoms with Gasteiger partial charge in [0.05, 0.1) is 16.8 Å². The second-order valence-electron chi connectivity index (χ2n) is 7.93. The van der Waals surface area contributed by atoms with Gasteiger partial charge >= 0.3 is 0 Å². The number of pyridine rings is 1. The van der Waals surface area contributed by atoms with Crippen LogP contribution in [0.15, 0.2) is 41.8 Å². The molecule has 1 fully saturated rings. The van der Waals surface area contributed by atoms with Crippen LogP contribution in [0.1, 0.15) is 46.6 Å². The molecule has 0 radical (unpaired) electrons. The number of primary amides is 1. The fraction of sp³-hybridized carbons (Fsp3) is 0.348. The molecule has 1 aromatic carbocycles. The minimum absolute atomic E-state index is 0.0754. The molecule has 5 nitrogen and oxygen atoms in total.